The summed E-state index contributed by atoms with van der Waals surface area (Å²) in [4.78, 5) is 30.3. The minimum absolute atomic E-state index is 0.0255. The molecule has 1 unspecified atom stereocenters. The summed E-state index contributed by atoms with van der Waals surface area (Å²) in [5.41, 5.74) is 0. The highest BCUT2D eigenvalue weighted by Crippen LogP contribution is 2.18. The number of amides is 2. The summed E-state index contributed by atoms with van der Waals surface area (Å²) < 4.78 is 0. The number of aromatic nitrogens is 1. The Morgan fingerprint density at radius 1 is 1.59 bits per heavy atom. The van der Waals surface area contributed by atoms with Crippen LogP contribution in [0.15, 0.2) is 6.20 Å². The molecule has 0 aliphatic carbocycles. The van der Waals surface area contributed by atoms with E-state index in [0.717, 1.165) is 9.88 Å². The third-order valence-corrected chi connectivity index (χ3v) is 3.69. The Balaban J connectivity index is 2.15. The van der Waals surface area contributed by atoms with Crippen LogP contribution in [0.2, 0.25) is 0 Å². The Labute approximate surface area is 104 Å². The lowest BCUT2D eigenvalue weighted by Crippen LogP contribution is -2.57. The van der Waals surface area contributed by atoms with Crippen LogP contribution in [0.1, 0.15) is 23.2 Å². The molecule has 6 heteroatoms. The molecule has 0 radical (unpaired) electrons. The van der Waals surface area contributed by atoms with E-state index in [-0.39, 0.29) is 24.4 Å². The SMILES string of the molecule is CCC1C(=O)NCC(=O)N1Cc1cnc(C)s1. The fraction of sp³-hybridized carbons (Fsp3) is 0.545. The highest BCUT2D eigenvalue weighted by molar-refractivity contribution is 7.11. The van der Waals surface area contributed by atoms with Gasteiger partial charge in [-0.05, 0) is 13.3 Å². The zero-order valence-corrected chi connectivity index (χ0v) is 10.7. The molecule has 2 rings (SSSR count). The van der Waals surface area contributed by atoms with Gasteiger partial charge in [0.05, 0.1) is 18.1 Å². The number of carbonyl (C=O) groups excluding carboxylic acids is 2. The summed E-state index contributed by atoms with van der Waals surface area (Å²) in [7, 11) is 0. The lowest BCUT2D eigenvalue weighted by atomic mass is 10.1. The third-order valence-electron chi connectivity index (χ3n) is 2.80. The maximum Gasteiger partial charge on any atom is 0.243 e. The first-order chi connectivity index (χ1) is 8.11. The molecule has 1 aliphatic rings. The van der Waals surface area contributed by atoms with E-state index in [9.17, 15) is 9.59 Å². The molecule has 5 nitrogen and oxygen atoms in total. The minimum Gasteiger partial charge on any atom is -0.345 e. The number of nitrogens with zero attached hydrogens (tertiary/aromatic N) is 2. The minimum atomic E-state index is -0.348. The number of piperazine rings is 1. The van der Waals surface area contributed by atoms with Crippen LogP contribution in [0.4, 0.5) is 0 Å². The first-order valence-corrected chi connectivity index (χ1v) is 6.42. The molecule has 1 saturated heterocycles. The van der Waals surface area contributed by atoms with Gasteiger partial charge in [0.25, 0.3) is 0 Å². The highest BCUT2D eigenvalue weighted by Gasteiger charge is 2.33. The van der Waals surface area contributed by atoms with Gasteiger partial charge in [0, 0.05) is 11.1 Å². The Bertz CT molecular complexity index is 444. The normalized spacial score (nSPS) is 20.6. The van der Waals surface area contributed by atoms with Crippen LogP contribution in [0.3, 0.4) is 0 Å². The molecule has 0 bridgehead atoms. The maximum atomic E-state index is 11.8. The summed E-state index contributed by atoms with van der Waals surface area (Å²) in [6, 6.07) is -0.348. The number of hydrogen-bond acceptors (Lipinski definition) is 4. The van der Waals surface area contributed by atoms with Crippen LogP contribution in [-0.4, -0.2) is 34.3 Å². The standard InChI is InChI=1S/C11H15N3O2S/c1-3-9-11(16)13-5-10(15)14(9)6-8-4-12-7(2)17-8/h4,9H,3,5-6H2,1-2H3,(H,13,16). The predicted octanol–water partition coefficient (Wildman–Crippen LogP) is 0.689. The van der Waals surface area contributed by atoms with Crippen molar-refractivity contribution in [1.29, 1.82) is 0 Å². The van der Waals surface area contributed by atoms with E-state index in [2.05, 4.69) is 10.3 Å². The highest BCUT2D eigenvalue weighted by atomic mass is 32.1. The zero-order valence-electron chi connectivity index (χ0n) is 9.90. The van der Waals surface area contributed by atoms with Crippen molar-refractivity contribution in [2.24, 2.45) is 0 Å². The van der Waals surface area contributed by atoms with E-state index in [0.29, 0.717) is 13.0 Å². The number of hydrogen-bond donors (Lipinski definition) is 1. The van der Waals surface area contributed by atoms with Crippen molar-refractivity contribution >= 4 is 23.2 Å². The second-order valence-corrected chi connectivity index (χ2v) is 5.33. The van der Waals surface area contributed by atoms with Gasteiger partial charge in [-0.1, -0.05) is 6.92 Å². The molecular weight excluding hydrogens is 238 g/mol. The first-order valence-electron chi connectivity index (χ1n) is 5.60. The van der Waals surface area contributed by atoms with Crippen molar-refractivity contribution in [3.8, 4) is 0 Å². The van der Waals surface area contributed by atoms with Gasteiger partial charge >= 0.3 is 0 Å². The zero-order chi connectivity index (χ0) is 12.4. The Morgan fingerprint density at radius 3 is 2.94 bits per heavy atom. The molecule has 1 N–H and O–H groups in total. The smallest absolute Gasteiger partial charge is 0.243 e. The van der Waals surface area contributed by atoms with Crippen LogP contribution < -0.4 is 5.32 Å². The van der Waals surface area contributed by atoms with Gasteiger partial charge in [0.1, 0.15) is 6.04 Å². The van der Waals surface area contributed by atoms with E-state index >= 15 is 0 Å². The molecule has 1 aliphatic heterocycles. The first kappa shape index (κ1) is 12.0. The van der Waals surface area contributed by atoms with Crippen LogP contribution in [0.5, 0.6) is 0 Å². The number of carbonyl (C=O) groups is 2. The molecule has 0 spiro atoms. The van der Waals surface area contributed by atoms with E-state index in [1.807, 2.05) is 13.8 Å². The molecule has 17 heavy (non-hydrogen) atoms. The van der Waals surface area contributed by atoms with E-state index in [4.69, 9.17) is 0 Å². The van der Waals surface area contributed by atoms with Crippen molar-refractivity contribution < 1.29 is 9.59 Å². The molecule has 1 aromatic heterocycles. The molecule has 1 aromatic rings. The van der Waals surface area contributed by atoms with Crippen LogP contribution in [-0.2, 0) is 16.1 Å². The van der Waals surface area contributed by atoms with Gasteiger partial charge in [0.15, 0.2) is 0 Å². The lowest BCUT2D eigenvalue weighted by Gasteiger charge is -2.33. The quantitative estimate of drug-likeness (QED) is 0.862. The van der Waals surface area contributed by atoms with Crippen LogP contribution in [0, 0.1) is 6.92 Å². The molecule has 2 amide bonds. The van der Waals surface area contributed by atoms with Crippen molar-refractivity contribution in [2.45, 2.75) is 32.9 Å². The molecule has 92 valence electrons. The van der Waals surface area contributed by atoms with Gasteiger partial charge in [-0.15, -0.1) is 11.3 Å². The summed E-state index contributed by atoms with van der Waals surface area (Å²) in [5, 5.41) is 3.59. The molecule has 0 aromatic carbocycles. The topological polar surface area (TPSA) is 62.3 Å². The molecule has 1 fully saturated rings. The van der Waals surface area contributed by atoms with Crippen molar-refractivity contribution in [3.05, 3.63) is 16.1 Å². The number of nitrogens with one attached hydrogen (secondary N) is 1. The Kier molecular flexibility index (Phi) is 3.42. The second-order valence-electron chi connectivity index (χ2n) is 4.01. The average Bonchev–Trinajstić information content (AvgIpc) is 2.70. The summed E-state index contributed by atoms with van der Waals surface area (Å²) in [6.45, 7) is 4.42. The van der Waals surface area contributed by atoms with Crippen LogP contribution >= 0.6 is 11.3 Å². The monoisotopic (exact) mass is 253 g/mol. The maximum absolute atomic E-state index is 11.8. The number of rotatable bonds is 3. The molecular formula is C11H15N3O2S. The molecule has 2 heterocycles. The third kappa shape index (κ3) is 2.46. The van der Waals surface area contributed by atoms with Crippen molar-refractivity contribution in [1.82, 2.24) is 15.2 Å². The van der Waals surface area contributed by atoms with E-state index in [1.165, 1.54) is 0 Å². The predicted molar refractivity (Wildman–Crippen MR) is 64.5 cm³/mol. The van der Waals surface area contributed by atoms with Gasteiger partial charge in [-0.2, -0.15) is 0 Å². The fourth-order valence-electron chi connectivity index (χ4n) is 1.95. The van der Waals surface area contributed by atoms with Crippen molar-refractivity contribution in [3.63, 3.8) is 0 Å². The fourth-order valence-corrected chi connectivity index (χ4v) is 2.74. The largest absolute Gasteiger partial charge is 0.345 e. The lowest BCUT2D eigenvalue weighted by molar-refractivity contribution is -0.146. The summed E-state index contributed by atoms with van der Waals surface area (Å²) in [6.07, 6.45) is 2.40. The van der Waals surface area contributed by atoms with Gasteiger partial charge in [-0.25, -0.2) is 4.98 Å². The summed E-state index contributed by atoms with van der Waals surface area (Å²) >= 11 is 1.56. The van der Waals surface area contributed by atoms with E-state index in [1.54, 1.807) is 22.4 Å². The van der Waals surface area contributed by atoms with Crippen LogP contribution in [0.25, 0.3) is 0 Å². The Morgan fingerprint density at radius 2 is 2.35 bits per heavy atom. The molecule has 1 atom stereocenters. The van der Waals surface area contributed by atoms with Crippen molar-refractivity contribution in [2.75, 3.05) is 6.54 Å². The summed E-state index contributed by atoms with van der Waals surface area (Å²) in [5.74, 6) is -0.0872. The van der Waals surface area contributed by atoms with Gasteiger partial charge in [-0.3, -0.25) is 9.59 Å². The van der Waals surface area contributed by atoms with Gasteiger partial charge in [0.2, 0.25) is 11.8 Å². The van der Waals surface area contributed by atoms with E-state index < -0.39 is 0 Å². The molecule has 0 saturated carbocycles. The Hall–Kier alpha value is -1.43. The number of thiazole rings is 1. The second kappa shape index (κ2) is 4.83. The van der Waals surface area contributed by atoms with Gasteiger partial charge < -0.3 is 10.2 Å². The average molecular weight is 253 g/mol. The number of aryl methyl sites for hydroxylation is 1.